The van der Waals surface area contributed by atoms with E-state index in [1.807, 2.05) is 24.5 Å². The summed E-state index contributed by atoms with van der Waals surface area (Å²) in [7, 11) is -3.72. The molecule has 174 valence electrons. The monoisotopic (exact) mass is 490 g/mol. The molecule has 1 N–H and O–H groups in total. The number of carbonyl (C=O) groups is 1. The first-order valence-electron chi connectivity index (χ1n) is 9.98. The van der Waals surface area contributed by atoms with E-state index in [0.29, 0.717) is 16.3 Å². The van der Waals surface area contributed by atoms with Gasteiger partial charge in [0, 0.05) is 27.7 Å². The van der Waals surface area contributed by atoms with Crippen molar-refractivity contribution < 1.29 is 17.6 Å². The highest BCUT2D eigenvalue weighted by molar-refractivity contribution is 7.92. The van der Waals surface area contributed by atoms with Crippen molar-refractivity contribution in [2.45, 2.75) is 20.8 Å². The molecule has 0 bridgehead atoms. The molecule has 0 fully saturated rings. The average Bonchev–Trinajstić information content (AvgIpc) is 3.00. The second-order valence-corrected chi connectivity index (χ2v) is 9.98. The third kappa shape index (κ3) is 5.80. The largest absolute Gasteiger partial charge is 0.318 e. The summed E-state index contributed by atoms with van der Waals surface area (Å²) in [5.74, 6) is -0.916. The second kappa shape index (κ2) is 9.76. The maximum absolute atomic E-state index is 13.2. The normalized spacial score (nSPS) is 11.7. The van der Waals surface area contributed by atoms with E-state index in [-0.39, 0.29) is 5.82 Å². The number of benzene rings is 2. The van der Waals surface area contributed by atoms with Gasteiger partial charge in [-0.25, -0.2) is 18.2 Å². The Bertz CT molecular complexity index is 1320. The maximum Gasteiger partial charge on any atom is 0.260 e. The number of amides is 1. The minimum Gasteiger partial charge on any atom is -0.318 e. The van der Waals surface area contributed by atoms with Crippen molar-refractivity contribution in [1.29, 1.82) is 0 Å². The van der Waals surface area contributed by atoms with Crippen LogP contribution in [-0.2, 0) is 14.8 Å². The number of rotatable bonds is 7. The van der Waals surface area contributed by atoms with E-state index in [1.54, 1.807) is 37.3 Å². The molecular weight excluding hydrogens is 467 g/mol. The van der Waals surface area contributed by atoms with E-state index in [9.17, 15) is 17.6 Å². The predicted molar refractivity (Wildman–Crippen MR) is 129 cm³/mol. The Morgan fingerprint density at radius 1 is 1.15 bits per heavy atom. The molecule has 0 aliphatic rings. The number of hydrogen-bond acceptors (Lipinski definition) is 4. The van der Waals surface area contributed by atoms with Gasteiger partial charge in [-0.3, -0.25) is 9.10 Å². The molecule has 0 radical (unpaired) electrons. The molecule has 0 spiro atoms. The summed E-state index contributed by atoms with van der Waals surface area (Å²) in [6, 6.07) is 12.8. The Morgan fingerprint density at radius 3 is 2.42 bits per heavy atom. The molecule has 2 aromatic carbocycles. The summed E-state index contributed by atoms with van der Waals surface area (Å²) in [5, 5.41) is 4.46. The van der Waals surface area contributed by atoms with Crippen LogP contribution in [0.3, 0.4) is 0 Å². The van der Waals surface area contributed by atoms with Crippen LogP contribution >= 0.6 is 11.6 Å². The van der Waals surface area contributed by atoms with Crippen LogP contribution in [0.1, 0.15) is 22.5 Å². The lowest BCUT2D eigenvalue weighted by Gasteiger charge is -2.23. The minimum atomic E-state index is -3.72. The highest BCUT2D eigenvalue weighted by atomic mass is 35.5. The van der Waals surface area contributed by atoms with Gasteiger partial charge in [0.15, 0.2) is 0 Å². The molecule has 3 rings (SSSR count). The molecule has 0 unspecified atom stereocenters. The summed E-state index contributed by atoms with van der Waals surface area (Å²) in [6.07, 6.45) is 2.51. The Morgan fingerprint density at radius 2 is 1.82 bits per heavy atom. The van der Waals surface area contributed by atoms with Crippen LogP contribution in [0.4, 0.5) is 10.1 Å². The Balaban J connectivity index is 1.75. The van der Waals surface area contributed by atoms with Crippen molar-refractivity contribution in [3.63, 3.8) is 0 Å². The van der Waals surface area contributed by atoms with Crippen molar-refractivity contribution in [2.24, 2.45) is 5.10 Å². The van der Waals surface area contributed by atoms with Crippen LogP contribution in [-0.4, -0.2) is 37.9 Å². The molecular formula is C23H24ClFN4O3S. The molecule has 0 atom stereocenters. The number of hydrogen-bond donors (Lipinski definition) is 1. The van der Waals surface area contributed by atoms with Crippen molar-refractivity contribution in [3.05, 3.63) is 81.9 Å². The molecule has 0 saturated heterocycles. The molecule has 3 aromatic rings. The molecule has 1 aromatic heterocycles. The first-order chi connectivity index (χ1) is 15.5. The number of aryl methyl sites for hydroxylation is 2. The number of carbonyl (C=O) groups excluding carboxylic acids is 1. The molecule has 1 amide bonds. The minimum absolute atomic E-state index is 0.317. The number of nitrogens with zero attached hydrogens (tertiary/aromatic N) is 3. The fourth-order valence-electron chi connectivity index (χ4n) is 3.53. The molecule has 33 heavy (non-hydrogen) atoms. The van der Waals surface area contributed by atoms with Crippen molar-refractivity contribution >= 4 is 39.4 Å². The summed E-state index contributed by atoms with van der Waals surface area (Å²) in [5.41, 5.74) is 6.69. The van der Waals surface area contributed by atoms with Gasteiger partial charge in [0.05, 0.1) is 18.2 Å². The molecule has 0 aliphatic carbocycles. The van der Waals surface area contributed by atoms with E-state index in [1.165, 1.54) is 18.3 Å². The van der Waals surface area contributed by atoms with Gasteiger partial charge in [0.2, 0.25) is 10.0 Å². The average molecular weight is 491 g/mol. The van der Waals surface area contributed by atoms with Crippen molar-refractivity contribution in [1.82, 2.24) is 9.99 Å². The molecule has 7 nitrogen and oxygen atoms in total. The Hall–Kier alpha value is -3.17. The van der Waals surface area contributed by atoms with Gasteiger partial charge >= 0.3 is 0 Å². The molecule has 10 heteroatoms. The topological polar surface area (TPSA) is 83.8 Å². The maximum atomic E-state index is 13.2. The lowest BCUT2D eigenvalue weighted by molar-refractivity contribution is -0.119. The van der Waals surface area contributed by atoms with Gasteiger partial charge in [-0.05, 0) is 74.9 Å². The zero-order valence-corrected chi connectivity index (χ0v) is 20.2. The number of halogens is 2. The van der Waals surface area contributed by atoms with Gasteiger partial charge in [-0.1, -0.05) is 11.6 Å². The van der Waals surface area contributed by atoms with Crippen LogP contribution < -0.4 is 9.73 Å². The van der Waals surface area contributed by atoms with E-state index in [0.717, 1.165) is 33.2 Å². The third-order valence-electron chi connectivity index (χ3n) is 5.06. The number of nitrogens with one attached hydrogen (secondary N) is 1. The highest BCUT2D eigenvalue weighted by Crippen LogP contribution is 2.25. The number of aromatic nitrogens is 1. The quantitative estimate of drug-likeness (QED) is 0.399. The van der Waals surface area contributed by atoms with E-state index in [4.69, 9.17) is 11.6 Å². The second-order valence-electron chi connectivity index (χ2n) is 7.63. The van der Waals surface area contributed by atoms with Crippen molar-refractivity contribution in [2.75, 3.05) is 17.1 Å². The third-order valence-corrected chi connectivity index (χ3v) is 6.42. The van der Waals surface area contributed by atoms with Crippen LogP contribution in [0, 0.1) is 26.6 Å². The summed E-state index contributed by atoms with van der Waals surface area (Å²) < 4.78 is 40.8. The zero-order chi connectivity index (χ0) is 24.3. The fourth-order valence-corrected chi connectivity index (χ4v) is 4.67. The lowest BCUT2D eigenvalue weighted by atomic mass is 10.2. The standard InChI is InChI=1S/C23H24ClFN4O3S/c1-15-11-19(24)5-10-22(15)28(33(4,31)32)14-23(30)27-26-13-18-12-16(2)29(17(18)3)21-8-6-20(25)7-9-21/h5-13H,14H2,1-4H3,(H,27,30)/b26-13+. The van der Waals surface area contributed by atoms with Crippen molar-refractivity contribution in [3.8, 4) is 5.69 Å². The van der Waals surface area contributed by atoms with Gasteiger partial charge in [-0.15, -0.1) is 0 Å². The summed E-state index contributed by atoms with van der Waals surface area (Å²) in [6.45, 7) is 5.07. The molecule has 1 heterocycles. The predicted octanol–water partition coefficient (Wildman–Crippen LogP) is 4.11. The summed E-state index contributed by atoms with van der Waals surface area (Å²) in [4.78, 5) is 12.5. The smallest absolute Gasteiger partial charge is 0.260 e. The van der Waals surface area contributed by atoms with E-state index < -0.39 is 22.5 Å². The van der Waals surface area contributed by atoms with Gasteiger partial charge in [0.25, 0.3) is 5.91 Å². The zero-order valence-electron chi connectivity index (χ0n) is 18.6. The highest BCUT2D eigenvalue weighted by Gasteiger charge is 2.22. The van der Waals surface area contributed by atoms with Crippen LogP contribution in [0.15, 0.2) is 53.6 Å². The number of anilines is 1. The molecule has 0 aliphatic heterocycles. The van der Waals surface area contributed by atoms with E-state index in [2.05, 4.69) is 10.5 Å². The Kier molecular flexibility index (Phi) is 7.24. The van der Waals surface area contributed by atoms with Crippen LogP contribution in [0.25, 0.3) is 5.69 Å². The Labute approximate surface area is 197 Å². The van der Waals surface area contributed by atoms with E-state index >= 15 is 0 Å². The van der Waals surface area contributed by atoms with Gasteiger partial charge < -0.3 is 4.57 Å². The number of hydrazone groups is 1. The SMILES string of the molecule is Cc1cc(Cl)ccc1N(CC(=O)N/N=C/c1cc(C)n(-c2ccc(F)cc2)c1C)S(C)(=O)=O. The first kappa shape index (κ1) is 24.5. The summed E-state index contributed by atoms with van der Waals surface area (Å²) >= 11 is 5.96. The number of sulfonamides is 1. The van der Waals surface area contributed by atoms with Crippen LogP contribution in [0.5, 0.6) is 0 Å². The van der Waals surface area contributed by atoms with Gasteiger partial charge in [0.1, 0.15) is 12.4 Å². The van der Waals surface area contributed by atoms with Crippen LogP contribution in [0.2, 0.25) is 5.02 Å². The fraction of sp³-hybridized carbons (Fsp3) is 0.217. The van der Waals surface area contributed by atoms with Gasteiger partial charge in [-0.2, -0.15) is 5.10 Å². The molecule has 0 saturated carbocycles. The lowest BCUT2D eigenvalue weighted by Crippen LogP contribution is -2.39. The first-order valence-corrected chi connectivity index (χ1v) is 12.2.